The molecule has 0 unspecified atom stereocenters. The second-order valence-electron chi connectivity index (χ2n) is 6.18. The Bertz CT molecular complexity index is 1110. The van der Waals surface area contributed by atoms with Crippen LogP contribution in [-0.2, 0) is 14.8 Å². The molecule has 0 aliphatic rings. The SMILES string of the molecule is Cc1ccc(NS(=O)(=O)c2ccsc2C(=O)NCC(=O)Nc2ccccc2)cc1. The molecule has 0 radical (unpaired) electrons. The zero-order valence-electron chi connectivity index (χ0n) is 15.5. The van der Waals surface area contributed by atoms with Crippen LogP contribution in [0.2, 0.25) is 0 Å². The summed E-state index contributed by atoms with van der Waals surface area (Å²) in [5.41, 5.74) is 2.00. The number of sulfonamides is 1. The number of rotatable bonds is 7. The lowest BCUT2D eigenvalue weighted by Crippen LogP contribution is -2.33. The van der Waals surface area contributed by atoms with Crippen molar-refractivity contribution < 1.29 is 18.0 Å². The molecule has 0 saturated carbocycles. The van der Waals surface area contributed by atoms with Crippen molar-refractivity contribution >= 4 is 44.5 Å². The van der Waals surface area contributed by atoms with Crippen LogP contribution in [0.3, 0.4) is 0 Å². The summed E-state index contributed by atoms with van der Waals surface area (Å²) in [6.07, 6.45) is 0. The third-order valence-electron chi connectivity index (χ3n) is 3.90. The molecule has 1 heterocycles. The van der Waals surface area contributed by atoms with Crippen LogP contribution in [0.5, 0.6) is 0 Å². The fourth-order valence-electron chi connectivity index (χ4n) is 2.47. The lowest BCUT2D eigenvalue weighted by Gasteiger charge is -2.10. The molecule has 0 saturated heterocycles. The van der Waals surface area contributed by atoms with Crippen molar-refractivity contribution in [2.75, 3.05) is 16.6 Å². The van der Waals surface area contributed by atoms with Crippen LogP contribution in [0.1, 0.15) is 15.2 Å². The van der Waals surface area contributed by atoms with Crippen molar-refractivity contribution in [1.29, 1.82) is 0 Å². The minimum atomic E-state index is -3.95. The van der Waals surface area contributed by atoms with Gasteiger partial charge in [0.1, 0.15) is 9.77 Å². The van der Waals surface area contributed by atoms with Gasteiger partial charge in [-0.25, -0.2) is 8.42 Å². The van der Waals surface area contributed by atoms with E-state index < -0.39 is 21.8 Å². The van der Waals surface area contributed by atoms with Crippen molar-refractivity contribution in [3.8, 4) is 0 Å². The van der Waals surface area contributed by atoms with Gasteiger partial charge < -0.3 is 10.6 Å². The fraction of sp³-hybridized carbons (Fsp3) is 0.100. The smallest absolute Gasteiger partial charge is 0.263 e. The maximum Gasteiger partial charge on any atom is 0.263 e. The number of hydrogen-bond acceptors (Lipinski definition) is 5. The molecule has 0 fully saturated rings. The molecule has 150 valence electrons. The van der Waals surface area contributed by atoms with Gasteiger partial charge in [-0.1, -0.05) is 35.9 Å². The van der Waals surface area contributed by atoms with Crippen LogP contribution >= 0.6 is 11.3 Å². The Morgan fingerprint density at radius 3 is 2.31 bits per heavy atom. The number of hydrogen-bond donors (Lipinski definition) is 3. The van der Waals surface area contributed by atoms with Crippen molar-refractivity contribution in [1.82, 2.24) is 5.32 Å². The number of carbonyl (C=O) groups excluding carboxylic acids is 2. The van der Waals surface area contributed by atoms with E-state index >= 15 is 0 Å². The van der Waals surface area contributed by atoms with Crippen LogP contribution in [0.15, 0.2) is 70.9 Å². The number of carbonyl (C=O) groups is 2. The van der Waals surface area contributed by atoms with Crippen LogP contribution < -0.4 is 15.4 Å². The summed E-state index contributed by atoms with van der Waals surface area (Å²) in [6, 6.07) is 17.0. The molecule has 0 atom stereocenters. The van der Waals surface area contributed by atoms with Gasteiger partial charge in [0.2, 0.25) is 5.91 Å². The molecule has 3 aromatic rings. The predicted octanol–water partition coefficient (Wildman–Crippen LogP) is 3.23. The lowest BCUT2D eigenvalue weighted by molar-refractivity contribution is -0.115. The van der Waals surface area contributed by atoms with Gasteiger partial charge >= 0.3 is 0 Å². The molecule has 29 heavy (non-hydrogen) atoms. The van der Waals surface area contributed by atoms with Crippen molar-refractivity contribution in [3.05, 3.63) is 76.5 Å². The van der Waals surface area contributed by atoms with E-state index in [4.69, 9.17) is 0 Å². The van der Waals surface area contributed by atoms with E-state index in [-0.39, 0.29) is 16.3 Å². The van der Waals surface area contributed by atoms with Gasteiger partial charge in [-0.05, 0) is 42.6 Å². The molecule has 1 aromatic heterocycles. The third kappa shape index (κ3) is 5.43. The largest absolute Gasteiger partial charge is 0.342 e. The number of thiophene rings is 1. The second-order valence-corrected chi connectivity index (χ2v) is 8.75. The van der Waals surface area contributed by atoms with E-state index in [1.54, 1.807) is 48.5 Å². The molecule has 9 heteroatoms. The van der Waals surface area contributed by atoms with Gasteiger partial charge in [0.05, 0.1) is 6.54 Å². The molecule has 0 aliphatic heterocycles. The summed E-state index contributed by atoms with van der Waals surface area (Å²) < 4.78 is 27.8. The van der Waals surface area contributed by atoms with Crippen LogP contribution in [0.4, 0.5) is 11.4 Å². The molecule has 0 aliphatic carbocycles. The summed E-state index contributed by atoms with van der Waals surface area (Å²) >= 11 is 0.990. The van der Waals surface area contributed by atoms with E-state index in [1.807, 2.05) is 13.0 Å². The first-order valence-electron chi connectivity index (χ1n) is 8.65. The standard InChI is InChI=1S/C20H19N3O4S2/c1-14-7-9-16(10-8-14)23-29(26,27)17-11-12-28-19(17)20(25)21-13-18(24)22-15-5-3-2-4-6-15/h2-12,23H,13H2,1H3,(H,21,25)(H,22,24). The molecule has 3 rings (SSSR count). The molecule has 0 spiro atoms. The maximum atomic E-state index is 12.7. The molecular weight excluding hydrogens is 410 g/mol. The Balaban J connectivity index is 1.66. The number of para-hydroxylation sites is 1. The van der Waals surface area contributed by atoms with E-state index in [2.05, 4.69) is 15.4 Å². The van der Waals surface area contributed by atoms with Crippen LogP contribution in [0, 0.1) is 6.92 Å². The maximum absolute atomic E-state index is 12.7. The van der Waals surface area contributed by atoms with Gasteiger partial charge in [-0.2, -0.15) is 0 Å². The molecule has 3 N–H and O–H groups in total. The first-order chi connectivity index (χ1) is 13.8. The topological polar surface area (TPSA) is 104 Å². The van der Waals surface area contributed by atoms with Crippen LogP contribution in [-0.4, -0.2) is 26.8 Å². The first kappa shape index (κ1) is 20.6. The van der Waals surface area contributed by atoms with E-state index in [1.165, 1.54) is 11.4 Å². The number of benzene rings is 2. The zero-order valence-corrected chi connectivity index (χ0v) is 17.1. The predicted molar refractivity (Wildman–Crippen MR) is 114 cm³/mol. The van der Waals surface area contributed by atoms with E-state index in [0.717, 1.165) is 16.9 Å². The highest BCUT2D eigenvalue weighted by Crippen LogP contribution is 2.24. The minimum Gasteiger partial charge on any atom is -0.342 e. The number of amides is 2. The van der Waals surface area contributed by atoms with E-state index in [9.17, 15) is 18.0 Å². The number of anilines is 2. The van der Waals surface area contributed by atoms with Gasteiger partial charge in [-0.15, -0.1) is 11.3 Å². The van der Waals surface area contributed by atoms with Crippen molar-refractivity contribution in [2.24, 2.45) is 0 Å². The van der Waals surface area contributed by atoms with Gasteiger partial charge in [-0.3, -0.25) is 14.3 Å². The Morgan fingerprint density at radius 1 is 0.931 bits per heavy atom. The highest BCUT2D eigenvalue weighted by Gasteiger charge is 2.24. The summed E-state index contributed by atoms with van der Waals surface area (Å²) in [7, 11) is -3.95. The Kier molecular flexibility index (Phi) is 6.30. The quantitative estimate of drug-likeness (QED) is 0.536. The summed E-state index contributed by atoms with van der Waals surface area (Å²) in [5.74, 6) is -1.05. The average molecular weight is 430 g/mol. The molecular formula is C20H19N3O4S2. The zero-order chi connectivity index (χ0) is 20.9. The molecule has 2 aromatic carbocycles. The minimum absolute atomic E-state index is 0.0112. The lowest BCUT2D eigenvalue weighted by atomic mass is 10.2. The first-order valence-corrected chi connectivity index (χ1v) is 11.0. The van der Waals surface area contributed by atoms with E-state index in [0.29, 0.717) is 11.4 Å². The third-order valence-corrected chi connectivity index (χ3v) is 6.36. The number of nitrogens with one attached hydrogen (secondary N) is 3. The number of aryl methyl sites for hydroxylation is 1. The Labute approximate surface area is 172 Å². The van der Waals surface area contributed by atoms with Gasteiger partial charge in [0, 0.05) is 11.4 Å². The monoisotopic (exact) mass is 429 g/mol. The Morgan fingerprint density at radius 2 is 1.62 bits per heavy atom. The van der Waals surface area contributed by atoms with Crippen molar-refractivity contribution in [2.45, 2.75) is 11.8 Å². The summed E-state index contributed by atoms with van der Waals surface area (Å²) in [4.78, 5) is 24.3. The fourth-order valence-corrected chi connectivity index (χ4v) is 4.88. The highest BCUT2D eigenvalue weighted by molar-refractivity contribution is 7.93. The average Bonchev–Trinajstić information content (AvgIpc) is 3.20. The Hall–Kier alpha value is -3.17. The second kappa shape index (κ2) is 8.89. The summed E-state index contributed by atoms with van der Waals surface area (Å²) in [5, 5.41) is 6.62. The van der Waals surface area contributed by atoms with Gasteiger partial charge in [0.25, 0.3) is 15.9 Å². The normalized spacial score (nSPS) is 10.9. The summed E-state index contributed by atoms with van der Waals surface area (Å²) in [6.45, 7) is 1.62. The molecule has 2 amide bonds. The van der Waals surface area contributed by atoms with Crippen molar-refractivity contribution in [3.63, 3.8) is 0 Å². The highest BCUT2D eigenvalue weighted by atomic mass is 32.2. The van der Waals surface area contributed by atoms with Crippen LogP contribution in [0.25, 0.3) is 0 Å². The molecule has 7 nitrogen and oxygen atoms in total. The van der Waals surface area contributed by atoms with Gasteiger partial charge in [0.15, 0.2) is 0 Å². The molecule has 0 bridgehead atoms.